The third kappa shape index (κ3) is 4.15. The molecule has 4 nitrogen and oxygen atoms in total. The van der Waals surface area contributed by atoms with Crippen molar-refractivity contribution in [2.24, 2.45) is 0 Å². The van der Waals surface area contributed by atoms with Gasteiger partial charge in [-0.2, -0.15) is 0 Å². The van der Waals surface area contributed by atoms with E-state index in [4.69, 9.17) is 5.11 Å². The van der Waals surface area contributed by atoms with E-state index < -0.39 is 0 Å². The molecule has 0 radical (unpaired) electrons. The van der Waals surface area contributed by atoms with Crippen molar-refractivity contribution in [3.63, 3.8) is 0 Å². The maximum absolute atomic E-state index is 9.10. The van der Waals surface area contributed by atoms with Crippen molar-refractivity contribution < 1.29 is 5.11 Å². The zero-order chi connectivity index (χ0) is 16.5. The van der Waals surface area contributed by atoms with Crippen LogP contribution in [0.2, 0.25) is 0 Å². The molecule has 0 unspecified atom stereocenters. The third-order valence-corrected chi connectivity index (χ3v) is 2.87. The predicted molar refractivity (Wildman–Crippen MR) is 92.7 cm³/mol. The lowest BCUT2D eigenvalue weighted by molar-refractivity contribution is 0.277. The minimum absolute atomic E-state index is 0.0488. The maximum Gasteiger partial charge on any atom is 0.137 e. The van der Waals surface area contributed by atoms with Gasteiger partial charge in [0.1, 0.15) is 5.65 Å². The van der Waals surface area contributed by atoms with Crippen molar-refractivity contribution in [2.45, 2.75) is 41.2 Å². The second-order valence-electron chi connectivity index (χ2n) is 4.29. The number of aromatic amines is 1. The Morgan fingerprint density at radius 3 is 2.50 bits per heavy atom. The highest BCUT2D eigenvalue weighted by atomic mass is 16.3. The Kier molecular flexibility index (Phi) is 7.26. The predicted octanol–water partition coefficient (Wildman–Crippen LogP) is 4.48. The lowest BCUT2D eigenvalue weighted by atomic mass is 10.1. The summed E-state index contributed by atoms with van der Waals surface area (Å²) in [6, 6.07) is 9.72. The number of rotatable bonds is 2. The van der Waals surface area contributed by atoms with Crippen molar-refractivity contribution in [3.8, 4) is 11.3 Å². The van der Waals surface area contributed by atoms with Crippen molar-refractivity contribution in [2.75, 3.05) is 0 Å². The molecule has 0 atom stereocenters. The summed E-state index contributed by atoms with van der Waals surface area (Å²) in [5.41, 5.74) is 4.42. The number of aliphatic hydroxyl groups is 1. The van der Waals surface area contributed by atoms with Crippen molar-refractivity contribution in [3.05, 3.63) is 47.9 Å². The SMILES string of the molecule is CC.CC.Cc1cc2cc(-c3cccc(CO)n3)cnc2[nH]1. The molecule has 118 valence electrons. The number of H-pyrrole nitrogens is 1. The molecule has 0 aliphatic rings. The third-order valence-electron chi connectivity index (χ3n) is 2.87. The van der Waals surface area contributed by atoms with E-state index in [-0.39, 0.29) is 6.61 Å². The van der Waals surface area contributed by atoms with Crippen LogP contribution < -0.4 is 0 Å². The highest BCUT2D eigenvalue weighted by Gasteiger charge is 2.04. The molecule has 0 fully saturated rings. The highest BCUT2D eigenvalue weighted by molar-refractivity contribution is 5.81. The summed E-state index contributed by atoms with van der Waals surface area (Å²) < 4.78 is 0. The van der Waals surface area contributed by atoms with E-state index in [2.05, 4.69) is 27.1 Å². The Labute approximate surface area is 132 Å². The molecule has 3 rings (SSSR count). The van der Waals surface area contributed by atoms with Crippen LogP contribution in [0.25, 0.3) is 22.3 Å². The second-order valence-corrected chi connectivity index (χ2v) is 4.29. The van der Waals surface area contributed by atoms with Crippen molar-refractivity contribution >= 4 is 11.0 Å². The standard InChI is InChI=1S/C14H13N3O.2C2H6/c1-9-5-10-6-11(7-15-14(10)16-9)13-4-2-3-12(8-18)17-13;2*1-2/h2-7,18H,8H2,1H3,(H,15,16);2*1-2H3. The molecule has 3 heterocycles. The average molecular weight is 299 g/mol. The molecule has 22 heavy (non-hydrogen) atoms. The summed E-state index contributed by atoms with van der Waals surface area (Å²) in [4.78, 5) is 11.9. The van der Waals surface area contributed by atoms with Gasteiger partial charge in [-0.3, -0.25) is 4.98 Å². The Morgan fingerprint density at radius 1 is 1.09 bits per heavy atom. The molecule has 0 aliphatic carbocycles. The van der Waals surface area contributed by atoms with Crippen LogP contribution in [0.1, 0.15) is 39.1 Å². The van der Waals surface area contributed by atoms with Crippen LogP contribution in [0.15, 0.2) is 36.5 Å². The molecular weight excluding hydrogens is 274 g/mol. The first-order valence-corrected chi connectivity index (χ1v) is 7.79. The van der Waals surface area contributed by atoms with Crippen LogP contribution >= 0.6 is 0 Å². The smallest absolute Gasteiger partial charge is 0.137 e. The first-order valence-electron chi connectivity index (χ1n) is 7.79. The minimum atomic E-state index is -0.0488. The number of hydrogen-bond acceptors (Lipinski definition) is 3. The monoisotopic (exact) mass is 299 g/mol. The zero-order valence-corrected chi connectivity index (χ0v) is 14.0. The van der Waals surface area contributed by atoms with Gasteiger partial charge in [0.15, 0.2) is 0 Å². The van der Waals surface area contributed by atoms with Crippen LogP contribution in [0.4, 0.5) is 0 Å². The average Bonchev–Trinajstić information content (AvgIpc) is 2.97. The molecule has 0 aromatic carbocycles. The number of fused-ring (bicyclic) bond motifs is 1. The van der Waals surface area contributed by atoms with Gasteiger partial charge in [-0.1, -0.05) is 33.8 Å². The molecule has 4 heteroatoms. The van der Waals surface area contributed by atoms with E-state index in [1.807, 2.05) is 46.8 Å². The lowest BCUT2D eigenvalue weighted by Gasteiger charge is -2.02. The molecule has 0 aliphatic heterocycles. The molecule has 0 bridgehead atoms. The summed E-state index contributed by atoms with van der Waals surface area (Å²) in [5, 5.41) is 10.2. The van der Waals surface area contributed by atoms with Gasteiger partial charge in [-0.25, -0.2) is 4.98 Å². The van der Waals surface area contributed by atoms with Crippen LogP contribution in [0, 0.1) is 6.92 Å². The summed E-state index contributed by atoms with van der Waals surface area (Å²) in [5.74, 6) is 0. The van der Waals surface area contributed by atoms with Crippen LogP contribution in [0.3, 0.4) is 0 Å². The quantitative estimate of drug-likeness (QED) is 0.733. The normalized spacial score (nSPS) is 9.55. The zero-order valence-electron chi connectivity index (χ0n) is 14.0. The summed E-state index contributed by atoms with van der Waals surface area (Å²) >= 11 is 0. The number of aromatic nitrogens is 3. The van der Waals surface area contributed by atoms with Gasteiger partial charge in [-0.05, 0) is 31.2 Å². The lowest BCUT2D eigenvalue weighted by Crippen LogP contribution is -1.91. The molecule has 0 amide bonds. The van der Waals surface area contributed by atoms with Gasteiger partial charge < -0.3 is 10.1 Å². The highest BCUT2D eigenvalue weighted by Crippen LogP contribution is 2.21. The fourth-order valence-electron chi connectivity index (χ4n) is 2.02. The fraction of sp³-hybridized carbons (Fsp3) is 0.333. The first-order chi connectivity index (χ1) is 10.8. The second kappa shape index (κ2) is 8.95. The molecule has 2 N–H and O–H groups in total. The van der Waals surface area contributed by atoms with Gasteiger partial charge in [0.25, 0.3) is 0 Å². The van der Waals surface area contributed by atoms with Gasteiger partial charge >= 0.3 is 0 Å². The molecular formula is C18H25N3O. The van der Waals surface area contributed by atoms with Gasteiger partial charge in [0.2, 0.25) is 0 Å². The minimum Gasteiger partial charge on any atom is -0.390 e. The first kappa shape index (κ1) is 17.9. The molecule has 0 saturated carbocycles. The molecule has 0 spiro atoms. The van der Waals surface area contributed by atoms with E-state index in [9.17, 15) is 0 Å². The van der Waals surface area contributed by atoms with Crippen molar-refractivity contribution in [1.29, 1.82) is 0 Å². The van der Waals surface area contributed by atoms with E-state index in [0.717, 1.165) is 28.0 Å². The molecule has 3 aromatic heterocycles. The largest absolute Gasteiger partial charge is 0.390 e. The Morgan fingerprint density at radius 2 is 1.82 bits per heavy atom. The van der Waals surface area contributed by atoms with E-state index in [1.54, 1.807) is 12.3 Å². The summed E-state index contributed by atoms with van der Waals surface area (Å²) in [6.07, 6.45) is 1.79. The van der Waals surface area contributed by atoms with Crippen LogP contribution in [0.5, 0.6) is 0 Å². The Bertz CT molecular complexity index is 704. The summed E-state index contributed by atoms with van der Waals surface area (Å²) in [7, 11) is 0. The topological polar surface area (TPSA) is 61.8 Å². The maximum atomic E-state index is 9.10. The van der Waals surface area contributed by atoms with E-state index >= 15 is 0 Å². The molecule has 3 aromatic rings. The van der Waals surface area contributed by atoms with Gasteiger partial charge in [0.05, 0.1) is 18.0 Å². The van der Waals surface area contributed by atoms with Gasteiger partial charge in [-0.15, -0.1) is 0 Å². The van der Waals surface area contributed by atoms with Gasteiger partial charge in [0, 0.05) is 22.8 Å². The summed E-state index contributed by atoms with van der Waals surface area (Å²) in [6.45, 7) is 9.96. The number of hydrogen-bond donors (Lipinski definition) is 2. The van der Waals surface area contributed by atoms with E-state index in [0.29, 0.717) is 5.69 Å². The number of aryl methyl sites for hydroxylation is 1. The van der Waals surface area contributed by atoms with Crippen LogP contribution in [-0.2, 0) is 6.61 Å². The number of nitrogens with one attached hydrogen (secondary N) is 1. The van der Waals surface area contributed by atoms with E-state index in [1.165, 1.54) is 0 Å². The van der Waals surface area contributed by atoms with Crippen LogP contribution in [-0.4, -0.2) is 20.1 Å². The number of aliphatic hydroxyl groups excluding tert-OH is 1. The van der Waals surface area contributed by atoms with Crippen molar-refractivity contribution in [1.82, 2.24) is 15.0 Å². The Balaban J connectivity index is 0.000000561. The number of pyridine rings is 2. The molecule has 0 saturated heterocycles. The number of nitrogens with zero attached hydrogens (tertiary/aromatic N) is 2. The fourth-order valence-corrected chi connectivity index (χ4v) is 2.02. The Hall–Kier alpha value is -2.20.